The van der Waals surface area contributed by atoms with Gasteiger partial charge in [0.25, 0.3) is 0 Å². The minimum Gasteiger partial charge on any atom is -0.226 e. The van der Waals surface area contributed by atoms with E-state index in [4.69, 9.17) is 0 Å². The number of aryl methyl sites for hydroxylation is 2. The van der Waals surface area contributed by atoms with Crippen LogP contribution >= 0.6 is 0 Å². The first kappa shape index (κ1) is 15.7. The van der Waals surface area contributed by atoms with Crippen molar-refractivity contribution in [2.75, 3.05) is 0 Å². The van der Waals surface area contributed by atoms with Gasteiger partial charge in [0, 0.05) is 20.1 Å². The number of rotatable bonds is 2. The summed E-state index contributed by atoms with van der Waals surface area (Å²) >= 11 is 0. The van der Waals surface area contributed by atoms with Crippen molar-refractivity contribution in [2.24, 2.45) is 0 Å². The van der Waals surface area contributed by atoms with Crippen LogP contribution in [0.25, 0.3) is 22.3 Å². The molecule has 1 radical (unpaired) electrons. The van der Waals surface area contributed by atoms with Gasteiger partial charge >= 0.3 is 0 Å². The fraction of sp³-hybridized carbons (Fsp3) is 0.100. The Kier molecular flexibility index (Phi) is 5.12. The van der Waals surface area contributed by atoms with Crippen molar-refractivity contribution in [3.63, 3.8) is 0 Å². The molecule has 21 heavy (non-hydrogen) atoms. The fourth-order valence-corrected chi connectivity index (χ4v) is 2.40. The smallest absolute Gasteiger partial charge is 0 e. The summed E-state index contributed by atoms with van der Waals surface area (Å²) in [7, 11) is 0. The Morgan fingerprint density at radius 1 is 0.762 bits per heavy atom. The Balaban J connectivity index is 0.00000161. The van der Waals surface area contributed by atoms with E-state index in [2.05, 4.69) is 62.4 Å². The predicted octanol–water partition coefficient (Wildman–Crippen LogP) is 5.24. The largest absolute Gasteiger partial charge is 0.226 e. The van der Waals surface area contributed by atoms with Gasteiger partial charge in [-0.3, -0.25) is 0 Å². The Labute approximate surface area is 140 Å². The first-order valence-corrected chi connectivity index (χ1v) is 6.80. The molecule has 0 bridgehead atoms. The van der Waals surface area contributed by atoms with E-state index in [0.717, 1.165) is 11.1 Å². The molecule has 3 aromatic rings. The molecular weight excluding hydrogens is 432 g/mol. The third-order valence-electron chi connectivity index (χ3n) is 3.50. The Bertz CT molecular complexity index is 730. The van der Waals surface area contributed by atoms with Crippen LogP contribution in [0.2, 0.25) is 0 Å². The topological polar surface area (TPSA) is 0 Å². The Hall–Kier alpha value is -1.69. The van der Waals surface area contributed by atoms with Crippen LogP contribution in [-0.4, -0.2) is 0 Å². The van der Waals surface area contributed by atoms with Crippen molar-refractivity contribution in [3.8, 4) is 22.3 Å². The maximum absolute atomic E-state index is 3.30. The molecule has 0 heterocycles. The minimum absolute atomic E-state index is 0. The van der Waals surface area contributed by atoms with Crippen LogP contribution in [0.4, 0.5) is 0 Å². The zero-order valence-corrected chi connectivity index (χ0v) is 14.5. The summed E-state index contributed by atoms with van der Waals surface area (Å²) in [6.45, 7) is 4.28. The van der Waals surface area contributed by atoms with E-state index in [0.29, 0.717) is 0 Å². The summed E-state index contributed by atoms with van der Waals surface area (Å²) in [5.74, 6) is 0. The van der Waals surface area contributed by atoms with Crippen molar-refractivity contribution in [1.29, 1.82) is 0 Å². The molecule has 0 saturated heterocycles. The maximum atomic E-state index is 3.30. The van der Waals surface area contributed by atoms with Crippen LogP contribution in [0.5, 0.6) is 0 Å². The van der Waals surface area contributed by atoms with Crippen LogP contribution in [0.1, 0.15) is 11.1 Å². The van der Waals surface area contributed by atoms with Crippen molar-refractivity contribution >= 4 is 0 Å². The van der Waals surface area contributed by atoms with Crippen molar-refractivity contribution in [3.05, 3.63) is 83.9 Å². The molecule has 0 aliphatic rings. The molecule has 3 aromatic carbocycles. The molecule has 0 N–H and O–H groups in total. The molecule has 0 aromatic heterocycles. The molecule has 0 spiro atoms. The SMILES string of the molecule is Cc1ccc(C)c(-c2cc[c-]c(-c3[c-]cccc3)c2)c1.[Ir]. The second-order valence-corrected chi connectivity index (χ2v) is 5.09. The van der Waals surface area contributed by atoms with Crippen molar-refractivity contribution < 1.29 is 20.1 Å². The van der Waals surface area contributed by atoms with Gasteiger partial charge in [0.05, 0.1) is 0 Å². The molecule has 3 rings (SSSR count). The summed E-state index contributed by atoms with van der Waals surface area (Å²) in [6, 6.07) is 27.4. The minimum atomic E-state index is 0. The van der Waals surface area contributed by atoms with Gasteiger partial charge in [-0.05, 0) is 25.0 Å². The standard InChI is InChI=1S/C20H16.Ir/c1-15-11-12-16(2)20(13-15)19-10-6-9-18(14-19)17-7-4-3-5-8-17;/h3-7,10-14H,1-2H3;/q-2;. The molecule has 1 heteroatoms. The summed E-state index contributed by atoms with van der Waals surface area (Å²) in [5, 5.41) is 0. The molecule has 0 atom stereocenters. The molecular formula is C20H16Ir-2. The molecule has 0 amide bonds. The maximum Gasteiger partial charge on any atom is 0 e. The zero-order chi connectivity index (χ0) is 13.9. The number of hydrogen-bond donors (Lipinski definition) is 0. The van der Waals surface area contributed by atoms with Gasteiger partial charge in [-0.15, -0.1) is 17.7 Å². The average molecular weight is 449 g/mol. The van der Waals surface area contributed by atoms with E-state index in [1.54, 1.807) is 0 Å². The van der Waals surface area contributed by atoms with E-state index >= 15 is 0 Å². The Morgan fingerprint density at radius 3 is 2.33 bits per heavy atom. The van der Waals surface area contributed by atoms with Crippen molar-refractivity contribution in [2.45, 2.75) is 13.8 Å². The summed E-state index contributed by atoms with van der Waals surface area (Å²) in [4.78, 5) is 0. The Morgan fingerprint density at radius 2 is 1.57 bits per heavy atom. The fourth-order valence-electron chi connectivity index (χ4n) is 2.40. The molecule has 0 nitrogen and oxygen atoms in total. The predicted molar refractivity (Wildman–Crippen MR) is 84.5 cm³/mol. The van der Waals surface area contributed by atoms with Crippen LogP contribution in [0, 0.1) is 26.0 Å². The van der Waals surface area contributed by atoms with Crippen molar-refractivity contribution in [1.82, 2.24) is 0 Å². The molecule has 0 aliphatic carbocycles. The summed E-state index contributed by atoms with van der Waals surface area (Å²) in [5.41, 5.74) is 7.27. The molecule has 107 valence electrons. The number of benzene rings is 3. The van der Waals surface area contributed by atoms with Crippen LogP contribution < -0.4 is 0 Å². The van der Waals surface area contributed by atoms with E-state index in [1.165, 1.54) is 22.3 Å². The first-order valence-electron chi connectivity index (χ1n) is 6.80. The van der Waals surface area contributed by atoms with Crippen LogP contribution in [-0.2, 0) is 20.1 Å². The van der Waals surface area contributed by atoms with Gasteiger partial charge in [-0.1, -0.05) is 23.8 Å². The van der Waals surface area contributed by atoms with Crippen LogP contribution in [0.15, 0.2) is 60.7 Å². The third kappa shape index (κ3) is 3.50. The second-order valence-electron chi connectivity index (χ2n) is 5.09. The molecule has 0 aliphatic heterocycles. The molecule has 0 saturated carbocycles. The van der Waals surface area contributed by atoms with E-state index < -0.39 is 0 Å². The molecule has 0 fully saturated rings. The van der Waals surface area contributed by atoms with Gasteiger partial charge < -0.3 is 0 Å². The van der Waals surface area contributed by atoms with E-state index in [1.807, 2.05) is 24.3 Å². The number of hydrogen-bond acceptors (Lipinski definition) is 0. The summed E-state index contributed by atoms with van der Waals surface area (Å²) in [6.07, 6.45) is 0. The van der Waals surface area contributed by atoms with Gasteiger partial charge in [0.2, 0.25) is 0 Å². The van der Waals surface area contributed by atoms with Gasteiger partial charge in [-0.2, -0.15) is 42.5 Å². The zero-order valence-electron chi connectivity index (χ0n) is 12.1. The van der Waals surface area contributed by atoms with Gasteiger partial charge in [0.1, 0.15) is 0 Å². The van der Waals surface area contributed by atoms with E-state index in [9.17, 15) is 0 Å². The van der Waals surface area contributed by atoms with Gasteiger partial charge in [-0.25, -0.2) is 11.1 Å². The monoisotopic (exact) mass is 449 g/mol. The normalized spacial score (nSPS) is 10.0. The first-order chi connectivity index (χ1) is 9.74. The van der Waals surface area contributed by atoms with E-state index in [-0.39, 0.29) is 20.1 Å². The quantitative estimate of drug-likeness (QED) is 0.471. The third-order valence-corrected chi connectivity index (χ3v) is 3.50. The van der Waals surface area contributed by atoms with Crippen LogP contribution in [0.3, 0.4) is 0 Å². The summed E-state index contributed by atoms with van der Waals surface area (Å²) < 4.78 is 0. The van der Waals surface area contributed by atoms with Gasteiger partial charge in [0.15, 0.2) is 0 Å². The molecule has 0 unspecified atom stereocenters. The average Bonchev–Trinajstić information content (AvgIpc) is 2.51. The second kappa shape index (κ2) is 6.85.